The summed E-state index contributed by atoms with van der Waals surface area (Å²) >= 11 is 0. The van der Waals surface area contributed by atoms with E-state index in [1.807, 2.05) is 7.05 Å². The van der Waals surface area contributed by atoms with E-state index in [-0.39, 0.29) is 11.2 Å². The fourth-order valence-corrected chi connectivity index (χ4v) is 3.49. The Balaban J connectivity index is 2.25. The topological polar surface area (TPSA) is 75.2 Å². The quantitative estimate of drug-likeness (QED) is 0.792. The standard InChI is InChI=1S/C11H18N4O2S/c1-9-5-6-13-11(14-9)18(16,17)15-7-3-4-10(8-15)12-2/h5-6,10,12H,3-4,7-8H2,1-2H3/t10-/m0/s1. The Morgan fingerprint density at radius 3 is 2.94 bits per heavy atom. The van der Waals surface area contributed by atoms with Gasteiger partial charge >= 0.3 is 0 Å². The first-order chi connectivity index (χ1) is 8.54. The Kier molecular flexibility index (Phi) is 3.94. The van der Waals surface area contributed by atoms with E-state index in [1.54, 1.807) is 13.0 Å². The van der Waals surface area contributed by atoms with Gasteiger partial charge in [-0.3, -0.25) is 0 Å². The molecule has 1 saturated heterocycles. The van der Waals surface area contributed by atoms with Crippen LogP contribution in [0.15, 0.2) is 17.4 Å². The highest BCUT2D eigenvalue weighted by Gasteiger charge is 2.31. The molecule has 1 aromatic rings. The van der Waals surface area contributed by atoms with Crippen molar-refractivity contribution in [1.29, 1.82) is 0 Å². The van der Waals surface area contributed by atoms with Gasteiger partial charge in [-0.15, -0.1) is 0 Å². The molecular weight excluding hydrogens is 252 g/mol. The van der Waals surface area contributed by atoms with Crippen LogP contribution in [0.5, 0.6) is 0 Å². The van der Waals surface area contributed by atoms with Crippen molar-refractivity contribution in [2.75, 3.05) is 20.1 Å². The minimum absolute atomic E-state index is 0.0979. The predicted molar refractivity (Wildman–Crippen MR) is 67.6 cm³/mol. The molecule has 0 spiro atoms. The van der Waals surface area contributed by atoms with E-state index < -0.39 is 10.0 Å². The number of aryl methyl sites for hydroxylation is 1. The van der Waals surface area contributed by atoms with Crippen molar-refractivity contribution >= 4 is 10.0 Å². The van der Waals surface area contributed by atoms with Gasteiger partial charge < -0.3 is 5.32 Å². The fraction of sp³-hybridized carbons (Fsp3) is 0.636. The first-order valence-electron chi connectivity index (χ1n) is 6.01. The van der Waals surface area contributed by atoms with Crippen LogP contribution in [0.4, 0.5) is 0 Å². The summed E-state index contributed by atoms with van der Waals surface area (Å²) in [5, 5.41) is 3.02. The van der Waals surface area contributed by atoms with Crippen molar-refractivity contribution in [3.63, 3.8) is 0 Å². The van der Waals surface area contributed by atoms with Gasteiger partial charge in [-0.1, -0.05) is 0 Å². The Bertz CT molecular complexity index is 518. The van der Waals surface area contributed by atoms with Crippen molar-refractivity contribution in [3.05, 3.63) is 18.0 Å². The molecule has 0 bridgehead atoms. The van der Waals surface area contributed by atoms with Crippen molar-refractivity contribution in [2.24, 2.45) is 0 Å². The summed E-state index contributed by atoms with van der Waals surface area (Å²) in [7, 11) is -1.71. The second-order valence-electron chi connectivity index (χ2n) is 4.47. The molecule has 1 atom stereocenters. The van der Waals surface area contributed by atoms with E-state index in [9.17, 15) is 8.42 Å². The van der Waals surface area contributed by atoms with Gasteiger partial charge in [0.15, 0.2) is 0 Å². The van der Waals surface area contributed by atoms with Crippen molar-refractivity contribution < 1.29 is 8.42 Å². The Labute approximate surface area is 107 Å². The zero-order valence-electron chi connectivity index (χ0n) is 10.6. The monoisotopic (exact) mass is 270 g/mol. The SMILES string of the molecule is CN[C@H]1CCCN(S(=O)(=O)c2nccc(C)n2)C1. The lowest BCUT2D eigenvalue weighted by atomic mass is 10.1. The number of piperidine rings is 1. The summed E-state index contributed by atoms with van der Waals surface area (Å²) in [6.45, 7) is 2.78. The van der Waals surface area contributed by atoms with Crippen LogP contribution in [-0.2, 0) is 10.0 Å². The van der Waals surface area contributed by atoms with E-state index >= 15 is 0 Å². The molecule has 6 nitrogen and oxygen atoms in total. The molecule has 1 aliphatic heterocycles. The molecule has 1 aliphatic rings. The van der Waals surface area contributed by atoms with Crippen LogP contribution in [0, 0.1) is 6.92 Å². The van der Waals surface area contributed by atoms with Crippen LogP contribution in [0.2, 0.25) is 0 Å². The molecule has 1 fully saturated rings. The Morgan fingerprint density at radius 1 is 1.50 bits per heavy atom. The Morgan fingerprint density at radius 2 is 2.28 bits per heavy atom. The maximum Gasteiger partial charge on any atom is 0.278 e. The highest BCUT2D eigenvalue weighted by atomic mass is 32.2. The first-order valence-corrected chi connectivity index (χ1v) is 7.45. The van der Waals surface area contributed by atoms with E-state index in [4.69, 9.17) is 0 Å². The second-order valence-corrected chi connectivity index (χ2v) is 6.30. The van der Waals surface area contributed by atoms with Gasteiger partial charge in [0, 0.05) is 31.0 Å². The second kappa shape index (κ2) is 5.29. The summed E-state index contributed by atoms with van der Waals surface area (Å²) in [6, 6.07) is 1.89. The van der Waals surface area contributed by atoms with Crippen molar-refractivity contribution in [3.8, 4) is 0 Å². The van der Waals surface area contributed by atoms with Crippen LogP contribution in [0.1, 0.15) is 18.5 Å². The molecule has 0 unspecified atom stereocenters. The fourth-order valence-electron chi connectivity index (χ4n) is 2.06. The Hall–Kier alpha value is -1.05. The number of aromatic nitrogens is 2. The van der Waals surface area contributed by atoms with E-state index in [1.165, 1.54) is 10.5 Å². The van der Waals surface area contributed by atoms with Crippen molar-refractivity contribution in [2.45, 2.75) is 31.0 Å². The van der Waals surface area contributed by atoms with Gasteiger partial charge in [-0.2, -0.15) is 4.31 Å². The number of rotatable bonds is 3. The van der Waals surface area contributed by atoms with Gasteiger partial charge in [-0.25, -0.2) is 18.4 Å². The number of sulfonamides is 1. The molecule has 7 heteroatoms. The number of hydrogen-bond donors (Lipinski definition) is 1. The van der Waals surface area contributed by atoms with Gasteiger partial charge in [0.1, 0.15) is 0 Å². The molecule has 100 valence electrons. The molecule has 1 N–H and O–H groups in total. The summed E-state index contributed by atoms with van der Waals surface area (Å²) in [5.74, 6) is 0. The largest absolute Gasteiger partial charge is 0.316 e. The number of likely N-dealkylation sites (N-methyl/N-ethyl adjacent to an activating group) is 1. The van der Waals surface area contributed by atoms with Gasteiger partial charge in [0.05, 0.1) is 0 Å². The van der Waals surface area contributed by atoms with Gasteiger partial charge in [0.25, 0.3) is 15.2 Å². The van der Waals surface area contributed by atoms with Crippen molar-refractivity contribution in [1.82, 2.24) is 19.6 Å². The number of nitrogens with zero attached hydrogens (tertiary/aromatic N) is 3. The van der Waals surface area contributed by atoms with E-state index in [0.717, 1.165) is 12.8 Å². The molecule has 18 heavy (non-hydrogen) atoms. The summed E-state index contributed by atoms with van der Waals surface area (Å²) in [6.07, 6.45) is 3.34. The summed E-state index contributed by atoms with van der Waals surface area (Å²) < 4.78 is 26.2. The lowest BCUT2D eigenvalue weighted by molar-refractivity contribution is 0.291. The molecule has 0 amide bonds. The summed E-state index contributed by atoms with van der Waals surface area (Å²) in [5.41, 5.74) is 0.658. The molecule has 0 radical (unpaired) electrons. The highest BCUT2D eigenvalue weighted by molar-refractivity contribution is 7.88. The van der Waals surface area contributed by atoms with Crippen LogP contribution >= 0.6 is 0 Å². The maximum absolute atomic E-state index is 12.4. The molecule has 1 aromatic heterocycles. The molecule has 2 heterocycles. The lowest BCUT2D eigenvalue weighted by Gasteiger charge is -2.30. The van der Waals surface area contributed by atoms with Crippen LogP contribution in [-0.4, -0.2) is 48.9 Å². The first kappa shape index (κ1) is 13.4. The lowest BCUT2D eigenvalue weighted by Crippen LogP contribution is -2.47. The third-order valence-electron chi connectivity index (χ3n) is 3.14. The van der Waals surface area contributed by atoms with Crippen LogP contribution < -0.4 is 5.32 Å². The van der Waals surface area contributed by atoms with E-state index in [2.05, 4.69) is 15.3 Å². The molecule has 0 aromatic carbocycles. The molecule has 2 rings (SSSR count). The number of hydrogen-bond acceptors (Lipinski definition) is 5. The van der Waals surface area contributed by atoms with Crippen LogP contribution in [0.3, 0.4) is 0 Å². The number of nitrogens with one attached hydrogen (secondary N) is 1. The zero-order chi connectivity index (χ0) is 13.2. The smallest absolute Gasteiger partial charge is 0.278 e. The average molecular weight is 270 g/mol. The molecule has 0 saturated carbocycles. The average Bonchev–Trinajstić information content (AvgIpc) is 2.39. The normalized spacial score (nSPS) is 22.0. The van der Waals surface area contributed by atoms with Crippen LogP contribution in [0.25, 0.3) is 0 Å². The minimum Gasteiger partial charge on any atom is -0.316 e. The zero-order valence-corrected chi connectivity index (χ0v) is 11.4. The summed E-state index contributed by atoms with van der Waals surface area (Å²) in [4.78, 5) is 7.89. The molecule has 0 aliphatic carbocycles. The third-order valence-corrected chi connectivity index (χ3v) is 4.81. The van der Waals surface area contributed by atoms with Gasteiger partial charge in [0.2, 0.25) is 0 Å². The molecular formula is C11H18N4O2S. The minimum atomic E-state index is -3.56. The van der Waals surface area contributed by atoms with Gasteiger partial charge in [-0.05, 0) is 32.9 Å². The maximum atomic E-state index is 12.4. The predicted octanol–water partition coefficient (Wildman–Crippen LogP) is 0.158. The highest BCUT2D eigenvalue weighted by Crippen LogP contribution is 2.18. The van der Waals surface area contributed by atoms with E-state index in [0.29, 0.717) is 18.8 Å². The third kappa shape index (κ3) is 2.68.